The Balaban J connectivity index is 0.000000286. The summed E-state index contributed by atoms with van der Waals surface area (Å²) in [5.74, 6) is -0.266. The number of rotatable bonds is 3. The molecule has 2 N–H and O–H groups in total. The summed E-state index contributed by atoms with van der Waals surface area (Å²) >= 11 is 0. The third-order valence-electron chi connectivity index (χ3n) is 4.88. The number of benzene rings is 1. The number of hydrogen-bond acceptors (Lipinski definition) is 5. The Labute approximate surface area is 151 Å². The van der Waals surface area contributed by atoms with E-state index < -0.39 is 5.97 Å². The number of carbonyl (C=O) groups excluding carboxylic acids is 1. The molecule has 0 radical (unpaired) electrons. The van der Waals surface area contributed by atoms with Gasteiger partial charge in [-0.2, -0.15) is 0 Å². The fourth-order valence-corrected chi connectivity index (χ4v) is 3.52. The summed E-state index contributed by atoms with van der Waals surface area (Å²) in [7, 11) is 0. The summed E-state index contributed by atoms with van der Waals surface area (Å²) in [6.07, 6.45) is 6.36. The smallest absolute Gasteiger partial charge is 0.327 e. The lowest BCUT2D eigenvalue weighted by Crippen LogP contribution is -2.57. The van der Waals surface area contributed by atoms with Gasteiger partial charge in [-0.15, -0.1) is 0 Å². The Morgan fingerprint density at radius 2 is 2.12 bits per heavy atom. The molecule has 3 aliphatic rings. The van der Waals surface area contributed by atoms with Crippen LogP contribution in [0.25, 0.3) is 11.1 Å². The molecule has 3 fully saturated rings. The van der Waals surface area contributed by atoms with Crippen LogP contribution in [0.1, 0.15) is 30.1 Å². The number of nitrogens with zero attached hydrogens (tertiary/aromatic N) is 2. The van der Waals surface area contributed by atoms with Gasteiger partial charge in [-0.3, -0.25) is 4.79 Å². The highest BCUT2D eigenvalue weighted by molar-refractivity contribution is 5.97. The molecule has 3 saturated heterocycles. The monoisotopic (exact) mass is 357 g/mol. The first-order chi connectivity index (χ1) is 12.6. The fourth-order valence-electron chi connectivity index (χ4n) is 3.52. The average Bonchev–Trinajstić information content (AvgIpc) is 3.11. The van der Waals surface area contributed by atoms with Crippen molar-refractivity contribution < 1.29 is 19.1 Å². The maximum atomic E-state index is 12.4. The molecule has 1 atom stereocenters. The summed E-state index contributed by atoms with van der Waals surface area (Å²) in [6.45, 7) is 5.01. The molecule has 7 heteroatoms. The quantitative estimate of drug-likeness (QED) is 0.819. The molecule has 7 nitrogen and oxygen atoms in total. The van der Waals surface area contributed by atoms with Crippen LogP contribution in [0.2, 0.25) is 0 Å². The molecule has 0 saturated carbocycles. The van der Waals surface area contributed by atoms with Gasteiger partial charge in [-0.1, -0.05) is 6.08 Å². The zero-order valence-electron chi connectivity index (χ0n) is 14.7. The highest BCUT2D eigenvalue weighted by atomic mass is 16.4. The van der Waals surface area contributed by atoms with Crippen molar-refractivity contribution in [3.8, 4) is 0 Å². The lowest BCUT2D eigenvalue weighted by atomic mass is 9.84. The van der Waals surface area contributed by atoms with Gasteiger partial charge in [0.2, 0.25) is 0 Å². The Morgan fingerprint density at radius 3 is 2.69 bits per heavy atom. The van der Waals surface area contributed by atoms with Crippen LogP contribution in [0.3, 0.4) is 0 Å². The van der Waals surface area contributed by atoms with Crippen LogP contribution in [-0.2, 0) is 4.79 Å². The van der Waals surface area contributed by atoms with Crippen LogP contribution in [0.5, 0.6) is 0 Å². The van der Waals surface area contributed by atoms with E-state index in [2.05, 4.69) is 15.2 Å². The second kappa shape index (κ2) is 8.14. The summed E-state index contributed by atoms with van der Waals surface area (Å²) in [4.78, 5) is 28.4. The van der Waals surface area contributed by atoms with Gasteiger partial charge in [0.15, 0.2) is 12.0 Å². The largest absolute Gasteiger partial charge is 0.478 e. The van der Waals surface area contributed by atoms with E-state index in [1.165, 1.54) is 38.4 Å². The number of carboxylic acids is 1. The number of aliphatic carboxylic acids is 1. The lowest BCUT2D eigenvalue weighted by molar-refractivity contribution is -0.131. The minimum absolute atomic E-state index is 0.0120. The van der Waals surface area contributed by atoms with E-state index in [1.54, 1.807) is 13.0 Å². The normalized spacial score (nSPS) is 24.3. The fraction of sp³-hybridized carbons (Fsp3) is 0.421. The van der Waals surface area contributed by atoms with Crippen molar-refractivity contribution in [3.63, 3.8) is 0 Å². The molecule has 26 heavy (non-hydrogen) atoms. The second-order valence-corrected chi connectivity index (χ2v) is 6.59. The number of allylic oxidation sites excluding steroid dienone is 1. The van der Waals surface area contributed by atoms with Crippen molar-refractivity contribution in [2.75, 3.05) is 19.6 Å². The Bertz CT molecular complexity index is 806. The zero-order valence-corrected chi connectivity index (χ0v) is 14.7. The predicted molar refractivity (Wildman–Crippen MR) is 96.9 cm³/mol. The molecular weight excluding hydrogens is 334 g/mol. The minimum Gasteiger partial charge on any atom is -0.478 e. The average molecular weight is 357 g/mol. The number of amides is 1. The summed E-state index contributed by atoms with van der Waals surface area (Å²) < 4.78 is 5.25. The van der Waals surface area contributed by atoms with E-state index >= 15 is 0 Å². The molecule has 0 aliphatic carbocycles. The van der Waals surface area contributed by atoms with E-state index in [-0.39, 0.29) is 11.9 Å². The van der Waals surface area contributed by atoms with Crippen molar-refractivity contribution >= 4 is 23.0 Å². The van der Waals surface area contributed by atoms with Gasteiger partial charge in [-0.05, 0) is 57.0 Å². The van der Waals surface area contributed by atoms with Gasteiger partial charge in [0, 0.05) is 24.2 Å². The number of piperidine rings is 3. The zero-order chi connectivity index (χ0) is 18.5. The molecule has 2 bridgehead atoms. The van der Waals surface area contributed by atoms with Gasteiger partial charge in [0.25, 0.3) is 5.91 Å². The van der Waals surface area contributed by atoms with Crippen molar-refractivity contribution in [1.82, 2.24) is 15.2 Å². The van der Waals surface area contributed by atoms with Crippen LogP contribution in [-0.4, -0.2) is 52.5 Å². The summed E-state index contributed by atoms with van der Waals surface area (Å²) in [6, 6.07) is 5.68. The summed E-state index contributed by atoms with van der Waals surface area (Å²) in [5, 5.41) is 11.0. The van der Waals surface area contributed by atoms with Crippen molar-refractivity contribution in [1.29, 1.82) is 0 Å². The molecule has 3 aliphatic heterocycles. The number of carboxylic acid groups (broad SMARTS) is 1. The third-order valence-corrected chi connectivity index (χ3v) is 4.88. The van der Waals surface area contributed by atoms with E-state index in [0.29, 0.717) is 17.1 Å². The van der Waals surface area contributed by atoms with Crippen LogP contribution < -0.4 is 5.32 Å². The van der Waals surface area contributed by atoms with Gasteiger partial charge >= 0.3 is 5.97 Å². The molecule has 5 rings (SSSR count). The van der Waals surface area contributed by atoms with Crippen LogP contribution in [0, 0.1) is 5.92 Å². The van der Waals surface area contributed by atoms with Gasteiger partial charge in [-0.25, -0.2) is 9.78 Å². The van der Waals surface area contributed by atoms with E-state index in [4.69, 9.17) is 9.52 Å². The predicted octanol–water partition coefficient (Wildman–Crippen LogP) is 2.30. The Morgan fingerprint density at radius 1 is 1.35 bits per heavy atom. The van der Waals surface area contributed by atoms with E-state index in [9.17, 15) is 9.59 Å². The molecule has 1 aromatic heterocycles. The number of carbonyl (C=O) groups is 2. The molecule has 1 amide bonds. The third kappa shape index (κ3) is 4.29. The number of fused-ring (bicyclic) bond motifs is 4. The maximum Gasteiger partial charge on any atom is 0.327 e. The molecule has 0 unspecified atom stereocenters. The van der Waals surface area contributed by atoms with Crippen LogP contribution in [0.4, 0.5) is 0 Å². The molecular formula is C19H23N3O4. The van der Waals surface area contributed by atoms with E-state index in [0.717, 1.165) is 18.1 Å². The summed E-state index contributed by atoms with van der Waals surface area (Å²) in [5.41, 5.74) is 2.08. The first-order valence-corrected chi connectivity index (χ1v) is 8.79. The highest BCUT2D eigenvalue weighted by Gasteiger charge is 2.34. The van der Waals surface area contributed by atoms with Crippen LogP contribution in [0.15, 0.2) is 41.2 Å². The molecule has 138 valence electrons. The first-order valence-electron chi connectivity index (χ1n) is 8.79. The maximum absolute atomic E-state index is 12.4. The first kappa shape index (κ1) is 18.1. The van der Waals surface area contributed by atoms with Crippen molar-refractivity contribution in [2.45, 2.75) is 25.8 Å². The standard InChI is InChI=1S/C15H17N3O2.C4H6O2/c19-15(11-1-2-12-14(7-11)20-9-16-12)17-13-8-18-5-3-10(13)4-6-18;1-2-3-4(5)6/h1-2,7,9-10,13H,3-6,8H2,(H,17,19);2-3H,1H3,(H,5,6)/b;3-2+/t13-;/m0./s1. The number of oxazole rings is 1. The molecule has 0 spiro atoms. The minimum atomic E-state index is -0.891. The SMILES string of the molecule is C/C=C/C(=O)O.O=C(N[C@H]1CN2CCC1CC2)c1ccc2ncoc2c1. The van der Waals surface area contributed by atoms with Crippen molar-refractivity contribution in [3.05, 3.63) is 42.3 Å². The van der Waals surface area contributed by atoms with Crippen molar-refractivity contribution in [2.24, 2.45) is 5.92 Å². The molecule has 2 aromatic rings. The van der Waals surface area contributed by atoms with E-state index in [1.807, 2.05) is 12.1 Å². The van der Waals surface area contributed by atoms with Gasteiger partial charge in [0.05, 0.1) is 0 Å². The number of aromatic nitrogens is 1. The van der Waals surface area contributed by atoms with Gasteiger partial charge < -0.3 is 19.7 Å². The second-order valence-electron chi connectivity index (χ2n) is 6.59. The van der Waals surface area contributed by atoms with Gasteiger partial charge in [0.1, 0.15) is 5.52 Å². The molecule has 1 aromatic carbocycles. The number of hydrogen-bond donors (Lipinski definition) is 2. The topological polar surface area (TPSA) is 95.7 Å². The molecule has 4 heterocycles. The number of nitrogens with one attached hydrogen (secondary N) is 1. The Kier molecular flexibility index (Phi) is 5.68. The van der Waals surface area contributed by atoms with Crippen LogP contribution >= 0.6 is 0 Å². The Hall–Kier alpha value is -2.67. The highest BCUT2D eigenvalue weighted by Crippen LogP contribution is 2.27. The lowest BCUT2D eigenvalue weighted by Gasteiger charge is -2.44.